The lowest BCUT2D eigenvalue weighted by Gasteiger charge is -2.00. The molecule has 66 valence electrons. The summed E-state index contributed by atoms with van der Waals surface area (Å²) < 4.78 is 4.95. The normalized spacial score (nSPS) is 9.00. The predicted molar refractivity (Wildman–Crippen MR) is 48.0 cm³/mol. The van der Waals surface area contributed by atoms with Crippen LogP contribution in [0.25, 0.3) is 0 Å². The van der Waals surface area contributed by atoms with Gasteiger partial charge in [-0.05, 0) is 28.1 Å². The maximum Gasteiger partial charge on any atom is 0.358 e. The van der Waals surface area contributed by atoms with Gasteiger partial charge in [0.25, 0.3) is 0 Å². The van der Waals surface area contributed by atoms with Crippen molar-refractivity contribution in [1.82, 2.24) is 4.98 Å². The first-order chi connectivity index (χ1) is 6.19. The Morgan fingerprint density at radius 2 is 2.38 bits per heavy atom. The molecule has 0 saturated heterocycles. The van der Waals surface area contributed by atoms with Crippen molar-refractivity contribution in [3.8, 4) is 6.07 Å². The molecule has 0 fully saturated rings. The number of methoxy groups -OCH3 is 1. The molecule has 0 aliphatic rings. The summed E-state index contributed by atoms with van der Waals surface area (Å²) in [6.07, 6.45) is 0. The first kappa shape index (κ1) is 9.68. The van der Waals surface area contributed by atoms with Gasteiger partial charge in [0.15, 0.2) is 5.69 Å². The number of nitriles is 1. The van der Waals surface area contributed by atoms with Crippen LogP contribution in [0, 0.1) is 11.3 Å². The van der Waals surface area contributed by atoms with Gasteiger partial charge in [-0.2, -0.15) is 5.26 Å². The van der Waals surface area contributed by atoms with Crippen LogP contribution in [0.4, 0.5) is 0 Å². The first-order valence-electron chi connectivity index (χ1n) is 3.34. The number of pyridine rings is 1. The third-order valence-corrected chi connectivity index (χ3v) is 1.80. The van der Waals surface area contributed by atoms with E-state index in [1.165, 1.54) is 13.2 Å². The fourth-order valence-corrected chi connectivity index (χ4v) is 1.09. The van der Waals surface area contributed by atoms with Gasteiger partial charge in [-0.3, -0.25) is 0 Å². The van der Waals surface area contributed by atoms with Gasteiger partial charge < -0.3 is 4.74 Å². The molecule has 5 heteroatoms. The van der Waals surface area contributed by atoms with Crippen molar-refractivity contribution < 1.29 is 9.53 Å². The summed E-state index contributed by atoms with van der Waals surface area (Å²) in [5, 5.41) is 8.64. The van der Waals surface area contributed by atoms with Gasteiger partial charge in [0, 0.05) is 0 Å². The van der Waals surface area contributed by atoms with Gasteiger partial charge in [0.05, 0.1) is 12.7 Å². The van der Waals surface area contributed by atoms with Gasteiger partial charge in [0.1, 0.15) is 10.7 Å². The van der Waals surface area contributed by atoms with Crippen LogP contribution >= 0.6 is 15.9 Å². The van der Waals surface area contributed by atoms with E-state index in [0.717, 1.165) is 0 Å². The molecule has 1 heterocycles. The molecule has 0 unspecified atom stereocenters. The van der Waals surface area contributed by atoms with Crippen molar-refractivity contribution >= 4 is 21.9 Å². The zero-order valence-electron chi connectivity index (χ0n) is 6.74. The van der Waals surface area contributed by atoms with E-state index in [9.17, 15) is 4.79 Å². The number of esters is 1. The zero-order valence-corrected chi connectivity index (χ0v) is 8.33. The van der Waals surface area contributed by atoms with Crippen LogP contribution in [0.1, 0.15) is 16.1 Å². The Labute approximate surface area is 83.3 Å². The third-order valence-electron chi connectivity index (χ3n) is 1.36. The Bertz CT molecular complexity index is 384. The molecule has 0 amide bonds. The molecule has 0 bridgehead atoms. The van der Waals surface area contributed by atoms with Gasteiger partial charge >= 0.3 is 5.97 Å². The lowest BCUT2D eigenvalue weighted by molar-refractivity contribution is 0.0593. The van der Waals surface area contributed by atoms with E-state index < -0.39 is 5.97 Å². The van der Waals surface area contributed by atoms with Crippen LogP contribution in [-0.2, 0) is 4.74 Å². The summed E-state index contributed by atoms with van der Waals surface area (Å²) in [5.74, 6) is -0.613. The largest absolute Gasteiger partial charge is 0.464 e. The minimum absolute atomic E-state index is 0.0272. The van der Waals surface area contributed by atoms with Crippen LogP contribution in [0.5, 0.6) is 0 Å². The van der Waals surface area contributed by atoms with E-state index in [0.29, 0.717) is 4.60 Å². The molecule has 0 atom stereocenters. The first-order valence-corrected chi connectivity index (χ1v) is 4.13. The van der Waals surface area contributed by atoms with Crippen LogP contribution in [0.2, 0.25) is 0 Å². The molecule has 0 spiro atoms. The molecule has 0 aromatic carbocycles. The minimum Gasteiger partial charge on any atom is -0.464 e. The van der Waals surface area contributed by atoms with Crippen molar-refractivity contribution in [3.05, 3.63) is 28.0 Å². The number of aromatic nitrogens is 1. The summed E-state index contributed by atoms with van der Waals surface area (Å²) in [5.41, 5.74) is 0.231. The zero-order chi connectivity index (χ0) is 9.84. The summed E-state index contributed by atoms with van der Waals surface area (Å²) >= 11 is 3.09. The number of carbonyl (C=O) groups is 1. The number of halogens is 1. The van der Waals surface area contributed by atoms with Crippen molar-refractivity contribution in [2.75, 3.05) is 7.11 Å². The summed E-state index contributed by atoms with van der Waals surface area (Å²) in [7, 11) is 1.24. The number of rotatable bonds is 1. The fraction of sp³-hybridized carbons (Fsp3) is 0.125. The maximum absolute atomic E-state index is 11.1. The molecular weight excluding hydrogens is 236 g/mol. The molecule has 1 aromatic heterocycles. The Hall–Kier alpha value is -1.41. The smallest absolute Gasteiger partial charge is 0.358 e. The van der Waals surface area contributed by atoms with Crippen LogP contribution < -0.4 is 0 Å². The minimum atomic E-state index is -0.613. The van der Waals surface area contributed by atoms with Gasteiger partial charge in [-0.25, -0.2) is 9.78 Å². The van der Waals surface area contributed by atoms with Crippen LogP contribution in [0.3, 0.4) is 0 Å². The second-order valence-electron chi connectivity index (χ2n) is 2.13. The Kier molecular flexibility index (Phi) is 2.98. The average molecular weight is 241 g/mol. The standard InChI is InChI=1S/C8H5BrN2O2/c1-13-8(12)7-5(4-10)2-3-6(9)11-7/h2-3H,1H3. The number of carbonyl (C=O) groups excluding carboxylic acids is 1. The maximum atomic E-state index is 11.1. The highest BCUT2D eigenvalue weighted by Gasteiger charge is 2.13. The molecule has 0 aliphatic carbocycles. The van der Waals surface area contributed by atoms with E-state index in [4.69, 9.17) is 5.26 Å². The molecule has 1 aromatic rings. The van der Waals surface area contributed by atoms with E-state index in [-0.39, 0.29) is 11.3 Å². The lowest BCUT2D eigenvalue weighted by atomic mass is 10.2. The molecule has 0 aliphatic heterocycles. The van der Waals surface area contributed by atoms with Gasteiger partial charge in [0.2, 0.25) is 0 Å². The monoisotopic (exact) mass is 240 g/mol. The number of hydrogen-bond donors (Lipinski definition) is 0. The van der Waals surface area contributed by atoms with E-state index in [2.05, 4.69) is 25.7 Å². The molecule has 0 N–H and O–H groups in total. The SMILES string of the molecule is COC(=O)c1nc(Br)ccc1C#N. The van der Waals surface area contributed by atoms with Gasteiger partial charge in [-0.1, -0.05) is 0 Å². The summed E-state index contributed by atoms with van der Waals surface area (Å²) in [6, 6.07) is 4.95. The highest BCUT2D eigenvalue weighted by atomic mass is 79.9. The molecular formula is C8H5BrN2O2. The summed E-state index contributed by atoms with van der Waals surface area (Å²) in [4.78, 5) is 14.9. The van der Waals surface area contributed by atoms with E-state index >= 15 is 0 Å². The van der Waals surface area contributed by atoms with Crippen molar-refractivity contribution in [3.63, 3.8) is 0 Å². The van der Waals surface area contributed by atoms with Crippen molar-refractivity contribution in [1.29, 1.82) is 5.26 Å². The van der Waals surface area contributed by atoms with Gasteiger partial charge in [-0.15, -0.1) is 0 Å². The molecule has 0 saturated carbocycles. The molecule has 4 nitrogen and oxygen atoms in total. The summed E-state index contributed by atoms with van der Waals surface area (Å²) in [6.45, 7) is 0. The molecule has 1 rings (SSSR count). The topological polar surface area (TPSA) is 63.0 Å². The predicted octanol–water partition coefficient (Wildman–Crippen LogP) is 1.50. The Balaban J connectivity index is 3.25. The number of ether oxygens (including phenoxy) is 1. The number of nitrogens with zero attached hydrogens (tertiary/aromatic N) is 2. The number of hydrogen-bond acceptors (Lipinski definition) is 4. The lowest BCUT2D eigenvalue weighted by Crippen LogP contribution is -2.07. The highest BCUT2D eigenvalue weighted by Crippen LogP contribution is 2.12. The second kappa shape index (κ2) is 4.01. The van der Waals surface area contributed by atoms with Crippen LogP contribution in [0.15, 0.2) is 16.7 Å². The molecule has 13 heavy (non-hydrogen) atoms. The quantitative estimate of drug-likeness (QED) is 0.552. The van der Waals surface area contributed by atoms with Crippen molar-refractivity contribution in [2.45, 2.75) is 0 Å². The Morgan fingerprint density at radius 3 is 2.92 bits per heavy atom. The molecule has 0 radical (unpaired) electrons. The highest BCUT2D eigenvalue weighted by molar-refractivity contribution is 9.10. The third kappa shape index (κ3) is 2.04. The Morgan fingerprint density at radius 1 is 1.69 bits per heavy atom. The average Bonchev–Trinajstić information content (AvgIpc) is 2.16. The fourth-order valence-electron chi connectivity index (χ4n) is 0.778. The van der Waals surface area contributed by atoms with Crippen LogP contribution in [-0.4, -0.2) is 18.1 Å². The second-order valence-corrected chi connectivity index (χ2v) is 2.95. The van der Waals surface area contributed by atoms with E-state index in [1.807, 2.05) is 6.07 Å². The van der Waals surface area contributed by atoms with Crippen molar-refractivity contribution in [2.24, 2.45) is 0 Å². The van der Waals surface area contributed by atoms with E-state index in [1.54, 1.807) is 6.07 Å².